The van der Waals surface area contributed by atoms with Crippen molar-refractivity contribution in [1.82, 2.24) is 0 Å². The first-order chi connectivity index (χ1) is 22.9. The Kier molecular flexibility index (Phi) is 11.2. The molecule has 11 heteroatoms. The molecule has 0 unspecified atom stereocenters. The van der Waals surface area contributed by atoms with Gasteiger partial charge in [0.25, 0.3) is 0 Å². The summed E-state index contributed by atoms with van der Waals surface area (Å²) >= 11 is 0. The van der Waals surface area contributed by atoms with Crippen molar-refractivity contribution in [3.05, 3.63) is 95.6 Å². The van der Waals surface area contributed by atoms with Gasteiger partial charge >= 0.3 is 23.9 Å². The van der Waals surface area contributed by atoms with Crippen LogP contribution in [-0.2, 0) is 28.5 Å². The summed E-state index contributed by atoms with van der Waals surface area (Å²) in [7, 11) is 0. The Morgan fingerprint density at radius 3 is 1.82 bits per heavy atom. The summed E-state index contributed by atoms with van der Waals surface area (Å²) in [5, 5.41) is 35.8. The van der Waals surface area contributed by atoms with E-state index in [0.29, 0.717) is 5.57 Å². The monoisotopic (exact) mass is 678 g/mol. The number of hydrogen-bond donors (Lipinski definition) is 3. The quantitative estimate of drug-likeness (QED) is 0.226. The molecule has 3 N–H and O–H groups in total. The van der Waals surface area contributed by atoms with Crippen LogP contribution >= 0.6 is 0 Å². The molecule has 0 heterocycles. The van der Waals surface area contributed by atoms with Crippen molar-refractivity contribution in [2.45, 2.75) is 96.6 Å². The minimum absolute atomic E-state index is 0.0393. The van der Waals surface area contributed by atoms with Crippen molar-refractivity contribution in [3.63, 3.8) is 0 Å². The lowest BCUT2D eigenvalue weighted by molar-refractivity contribution is -0.222. The number of aliphatic hydroxyl groups is 3. The minimum atomic E-state index is -2.26. The Balaban J connectivity index is 1.96. The average molecular weight is 679 g/mol. The maximum absolute atomic E-state index is 13.4. The van der Waals surface area contributed by atoms with Crippen molar-refractivity contribution in [1.29, 1.82) is 0 Å². The fourth-order valence-corrected chi connectivity index (χ4v) is 6.75. The van der Waals surface area contributed by atoms with Crippen molar-refractivity contribution < 1.29 is 53.4 Å². The minimum Gasteiger partial charge on any atom is -0.461 e. The molecular formula is C38H46O11. The summed E-state index contributed by atoms with van der Waals surface area (Å²) < 4.78 is 23.7. The molecule has 0 spiro atoms. The van der Waals surface area contributed by atoms with Crippen molar-refractivity contribution in [2.75, 3.05) is 0 Å². The number of carbonyl (C=O) groups is 4. The predicted molar refractivity (Wildman–Crippen MR) is 178 cm³/mol. The molecule has 0 aliphatic heterocycles. The lowest BCUT2D eigenvalue weighted by Crippen LogP contribution is -2.64. The van der Waals surface area contributed by atoms with Gasteiger partial charge in [-0.05, 0) is 43.7 Å². The van der Waals surface area contributed by atoms with E-state index in [1.807, 2.05) is 0 Å². The molecule has 0 aromatic heterocycles. The van der Waals surface area contributed by atoms with Crippen molar-refractivity contribution >= 4 is 23.9 Å². The van der Waals surface area contributed by atoms with E-state index in [0.717, 1.165) is 6.92 Å². The topological polar surface area (TPSA) is 166 Å². The molecule has 2 aromatic rings. The first kappa shape index (κ1) is 37.5. The third kappa shape index (κ3) is 7.95. The average Bonchev–Trinajstić information content (AvgIpc) is 3.23. The van der Waals surface area contributed by atoms with Gasteiger partial charge in [-0.3, -0.25) is 9.59 Å². The highest BCUT2D eigenvalue weighted by atomic mass is 16.6. The molecule has 0 bridgehead atoms. The van der Waals surface area contributed by atoms with Gasteiger partial charge in [-0.2, -0.15) is 0 Å². The van der Waals surface area contributed by atoms with Crippen molar-refractivity contribution in [2.24, 2.45) is 17.3 Å². The second-order valence-electron chi connectivity index (χ2n) is 13.8. The first-order valence-corrected chi connectivity index (χ1v) is 16.3. The van der Waals surface area contributed by atoms with Crippen LogP contribution in [0.1, 0.15) is 75.6 Å². The van der Waals surface area contributed by atoms with Crippen LogP contribution in [0, 0.1) is 17.3 Å². The van der Waals surface area contributed by atoms with E-state index in [-0.39, 0.29) is 17.5 Å². The molecule has 2 aliphatic carbocycles. The van der Waals surface area contributed by atoms with E-state index in [1.54, 1.807) is 94.4 Å². The zero-order chi connectivity index (χ0) is 36.3. The van der Waals surface area contributed by atoms with Crippen LogP contribution in [0.2, 0.25) is 0 Å². The molecule has 11 nitrogen and oxygen atoms in total. The van der Waals surface area contributed by atoms with Crippen LogP contribution in [0.5, 0.6) is 0 Å². The van der Waals surface area contributed by atoms with Gasteiger partial charge < -0.3 is 34.3 Å². The third-order valence-corrected chi connectivity index (χ3v) is 9.53. The second-order valence-corrected chi connectivity index (χ2v) is 13.8. The fraction of sp³-hybridized carbons (Fsp3) is 0.474. The number of ether oxygens (including phenoxy) is 4. The van der Waals surface area contributed by atoms with Gasteiger partial charge in [0, 0.05) is 31.6 Å². The third-order valence-electron chi connectivity index (χ3n) is 9.53. The maximum atomic E-state index is 13.4. The molecule has 0 saturated heterocycles. The number of esters is 4. The SMILES string of the molecule is CC(=O)O[C@H]1C[C@@H](OC(=O)c2ccccc2)C(C)=C[C@H]2[C@@H](OC(=O)c3ccccc3)[C@@H](C)[C@H](O)[C@]2(OC(C)=O)[C@H](O)[C@@](C)(O)/C=C/C1(C)C. The lowest BCUT2D eigenvalue weighted by Gasteiger charge is -2.46. The zero-order valence-corrected chi connectivity index (χ0v) is 28.9. The Morgan fingerprint density at radius 2 is 1.31 bits per heavy atom. The smallest absolute Gasteiger partial charge is 0.338 e. The predicted octanol–water partition coefficient (Wildman–Crippen LogP) is 4.34. The molecule has 264 valence electrons. The van der Waals surface area contributed by atoms with Crippen LogP contribution in [0.15, 0.2) is 84.5 Å². The second kappa shape index (κ2) is 14.7. The molecule has 1 saturated carbocycles. The summed E-state index contributed by atoms with van der Waals surface area (Å²) in [4.78, 5) is 52.0. The number of aliphatic hydroxyl groups excluding tert-OH is 2. The number of benzene rings is 2. The molecule has 4 rings (SSSR count). The Hall–Kier alpha value is -4.32. The van der Waals surface area contributed by atoms with Gasteiger partial charge in [0.15, 0.2) is 5.60 Å². The van der Waals surface area contributed by atoms with Crippen LogP contribution in [0.25, 0.3) is 0 Å². The van der Waals surface area contributed by atoms with E-state index in [9.17, 15) is 34.5 Å². The van der Waals surface area contributed by atoms with E-state index >= 15 is 0 Å². The van der Waals surface area contributed by atoms with Gasteiger partial charge in [0.1, 0.15) is 36.1 Å². The van der Waals surface area contributed by atoms with Crippen molar-refractivity contribution in [3.8, 4) is 0 Å². The van der Waals surface area contributed by atoms with E-state index < -0.39 is 82.8 Å². The van der Waals surface area contributed by atoms with Gasteiger partial charge in [0.2, 0.25) is 0 Å². The largest absolute Gasteiger partial charge is 0.461 e. The highest BCUT2D eigenvalue weighted by Crippen LogP contribution is 2.51. The number of hydrogen-bond acceptors (Lipinski definition) is 11. The van der Waals surface area contributed by atoms with Crippen LogP contribution in [-0.4, -0.2) is 80.9 Å². The summed E-state index contributed by atoms with van der Waals surface area (Å²) in [6.07, 6.45) is -2.47. The first-order valence-electron chi connectivity index (χ1n) is 16.3. The molecule has 1 fully saturated rings. The number of fused-ring (bicyclic) bond motifs is 1. The normalized spacial score (nSPS) is 33.3. The van der Waals surface area contributed by atoms with Gasteiger partial charge in [-0.15, -0.1) is 0 Å². The van der Waals surface area contributed by atoms with Gasteiger partial charge in [-0.25, -0.2) is 9.59 Å². The summed E-state index contributed by atoms with van der Waals surface area (Å²) in [5.74, 6) is -5.07. The summed E-state index contributed by atoms with van der Waals surface area (Å²) in [5.41, 5.74) is -4.56. The number of rotatable bonds is 6. The Morgan fingerprint density at radius 1 is 0.776 bits per heavy atom. The Bertz CT molecular complexity index is 1580. The molecule has 2 aliphatic rings. The molecule has 9 atom stereocenters. The fourth-order valence-electron chi connectivity index (χ4n) is 6.75. The van der Waals surface area contributed by atoms with Gasteiger partial charge in [-0.1, -0.05) is 75.4 Å². The number of carbonyl (C=O) groups excluding carboxylic acids is 4. The molecule has 2 aromatic carbocycles. The molecule has 0 radical (unpaired) electrons. The van der Waals surface area contributed by atoms with E-state index in [2.05, 4.69) is 0 Å². The molecule has 49 heavy (non-hydrogen) atoms. The standard InChI is InChI=1S/C38H46O11/c1-22-20-28-31(48-34(43)27-16-12-9-13-17-27)23(2)32(41)38(28,49-25(4)40)35(44)37(7,45)19-18-36(5,6)30(46-24(3)39)21-29(22)47-33(42)26-14-10-8-11-15-26/h8-20,23,28-32,35,41,44-45H,21H2,1-7H3/b19-18+,22-20?/t23-,28+,29-,30+,31+,32+,35-,37+,38+/m1/s1. The highest BCUT2D eigenvalue weighted by molar-refractivity contribution is 5.90. The molecule has 0 amide bonds. The van der Waals surface area contributed by atoms with E-state index in [1.165, 1.54) is 26.0 Å². The summed E-state index contributed by atoms with van der Waals surface area (Å²) in [6, 6.07) is 16.5. The summed E-state index contributed by atoms with van der Waals surface area (Å²) in [6.45, 7) is 10.4. The lowest BCUT2D eigenvalue weighted by atomic mass is 9.72. The van der Waals surface area contributed by atoms with Crippen LogP contribution in [0.4, 0.5) is 0 Å². The van der Waals surface area contributed by atoms with Gasteiger partial charge in [0.05, 0.1) is 17.0 Å². The Labute approximate surface area is 286 Å². The highest BCUT2D eigenvalue weighted by Gasteiger charge is 2.68. The van der Waals surface area contributed by atoms with Crippen LogP contribution in [0.3, 0.4) is 0 Å². The van der Waals surface area contributed by atoms with E-state index in [4.69, 9.17) is 18.9 Å². The molecular weight excluding hydrogens is 632 g/mol. The van der Waals surface area contributed by atoms with Crippen LogP contribution < -0.4 is 0 Å². The maximum Gasteiger partial charge on any atom is 0.338 e. The zero-order valence-electron chi connectivity index (χ0n) is 28.9.